The number of hydrogen-bond donors (Lipinski definition) is 0. The molecule has 1 saturated heterocycles. The summed E-state index contributed by atoms with van der Waals surface area (Å²) >= 11 is 0. The molecule has 0 spiro atoms. The van der Waals surface area contributed by atoms with Crippen molar-refractivity contribution in [3.8, 4) is 5.75 Å². The lowest BCUT2D eigenvalue weighted by Gasteiger charge is -2.36. The first-order valence-electron chi connectivity index (χ1n) is 10.5. The van der Waals surface area contributed by atoms with Crippen LogP contribution in [0.1, 0.15) is 39.6 Å². The van der Waals surface area contributed by atoms with Crippen LogP contribution in [0.15, 0.2) is 48.5 Å². The third kappa shape index (κ3) is 4.00. The number of rotatable bonds is 3. The Morgan fingerprint density at radius 2 is 1.65 bits per heavy atom. The lowest BCUT2D eigenvalue weighted by Crippen LogP contribution is -2.54. The molecule has 0 radical (unpaired) electrons. The summed E-state index contributed by atoms with van der Waals surface area (Å²) in [6, 6.07) is 14.4. The number of nitrogens with zero attached hydrogens (tertiary/aromatic N) is 2. The second-order valence-corrected chi connectivity index (χ2v) is 8.09. The van der Waals surface area contributed by atoms with Crippen molar-refractivity contribution in [1.29, 1.82) is 0 Å². The summed E-state index contributed by atoms with van der Waals surface area (Å²) in [4.78, 5) is 42.3. The summed E-state index contributed by atoms with van der Waals surface area (Å²) in [6.07, 6.45) is 0.987. The SMILES string of the molecule is COc1ccccc1C(=O)N1CCCN(C(=O)C2(C)Cc3ccccc3C(=O)O2)CC1. The first-order valence-corrected chi connectivity index (χ1v) is 10.5. The van der Waals surface area contributed by atoms with Crippen LogP contribution in [0.25, 0.3) is 0 Å². The molecule has 31 heavy (non-hydrogen) atoms. The number of amides is 2. The number of para-hydroxylation sites is 1. The lowest BCUT2D eigenvalue weighted by atomic mass is 9.89. The lowest BCUT2D eigenvalue weighted by molar-refractivity contribution is -0.151. The van der Waals surface area contributed by atoms with Crippen LogP contribution in [-0.2, 0) is 16.0 Å². The highest BCUT2D eigenvalue weighted by Gasteiger charge is 2.45. The fourth-order valence-corrected chi connectivity index (χ4v) is 4.30. The van der Waals surface area contributed by atoms with Crippen molar-refractivity contribution >= 4 is 17.8 Å². The maximum absolute atomic E-state index is 13.4. The van der Waals surface area contributed by atoms with Gasteiger partial charge >= 0.3 is 5.97 Å². The van der Waals surface area contributed by atoms with Gasteiger partial charge < -0.3 is 19.3 Å². The topological polar surface area (TPSA) is 76.2 Å². The molecular formula is C24H26N2O5. The largest absolute Gasteiger partial charge is 0.496 e. The fourth-order valence-electron chi connectivity index (χ4n) is 4.30. The number of methoxy groups -OCH3 is 1. The Hall–Kier alpha value is -3.35. The predicted octanol–water partition coefficient (Wildman–Crippen LogP) is 2.54. The maximum Gasteiger partial charge on any atom is 0.339 e. The number of benzene rings is 2. The summed E-state index contributed by atoms with van der Waals surface area (Å²) in [6.45, 7) is 3.51. The first kappa shape index (κ1) is 20.9. The van der Waals surface area contributed by atoms with Crippen LogP contribution in [0.4, 0.5) is 0 Å². The van der Waals surface area contributed by atoms with E-state index in [4.69, 9.17) is 9.47 Å². The zero-order valence-corrected chi connectivity index (χ0v) is 17.8. The van der Waals surface area contributed by atoms with Crippen LogP contribution in [0, 0.1) is 0 Å². The quantitative estimate of drug-likeness (QED) is 0.711. The molecule has 1 fully saturated rings. The van der Waals surface area contributed by atoms with Crippen molar-refractivity contribution in [1.82, 2.24) is 9.80 Å². The van der Waals surface area contributed by atoms with Crippen molar-refractivity contribution in [3.63, 3.8) is 0 Å². The Morgan fingerprint density at radius 1 is 0.968 bits per heavy atom. The van der Waals surface area contributed by atoms with Gasteiger partial charge in [-0.25, -0.2) is 4.79 Å². The molecule has 1 atom stereocenters. The molecule has 7 nitrogen and oxygen atoms in total. The van der Waals surface area contributed by atoms with E-state index in [-0.39, 0.29) is 11.8 Å². The molecule has 0 aromatic heterocycles. The van der Waals surface area contributed by atoms with Crippen molar-refractivity contribution in [3.05, 3.63) is 65.2 Å². The van der Waals surface area contributed by atoms with Crippen LogP contribution < -0.4 is 4.74 Å². The van der Waals surface area contributed by atoms with Crippen LogP contribution >= 0.6 is 0 Å². The third-order valence-electron chi connectivity index (χ3n) is 5.94. The average molecular weight is 422 g/mol. The molecule has 2 aliphatic heterocycles. The number of ether oxygens (including phenoxy) is 2. The normalized spacial score (nSPS) is 21.0. The molecule has 2 heterocycles. The van der Waals surface area contributed by atoms with Crippen molar-refractivity contribution in [2.24, 2.45) is 0 Å². The Morgan fingerprint density at radius 3 is 2.45 bits per heavy atom. The molecule has 2 aromatic rings. The summed E-state index contributed by atoms with van der Waals surface area (Å²) < 4.78 is 10.9. The van der Waals surface area contributed by atoms with Crippen LogP contribution in [0.5, 0.6) is 5.75 Å². The second kappa shape index (κ2) is 8.41. The molecule has 0 aliphatic carbocycles. The minimum atomic E-state index is -1.24. The average Bonchev–Trinajstić information content (AvgIpc) is 3.04. The van der Waals surface area contributed by atoms with Crippen molar-refractivity contribution < 1.29 is 23.9 Å². The van der Waals surface area contributed by atoms with Gasteiger partial charge in [0, 0.05) is 32.6 Å². The van der Waals surface area contributed by atoms with Gasteiger partial charge in [-0.05, 0) is 37.1 Å². The van der Waals surface area contributed by atoms with Crippen molar-refractivity contribution in [2.45, 2.75) is 25.4 Å². The van der Waals surface area contributed by atoms with Gasteiger partial charge in [-0.2, -0.15) is 0 Å². The smallest absolute Gasteiger partial charge is 0.339 e. The summed E-state index contributed by atoms with van der Waals surface area (Å²) in [7, 11) is 1.54. The monoisotopic (exact) mass is 422 g/mol. The molecule has 0 N–H and O–H groups in total. The number of carbonyl (C=O) groups excluding carboxylic acids is 3. The second-order valence-electron chi connectivity index (χ2n) is 8.09. The molecule has 4 rings (SSSR count). The van der Waals surface area contributed by atoms with E-state index in [2.05, 4.69) is 0 Å². The van der Waals surface area contributed by atoms with Crippen LogP contribution in [0.2, 0.25) is 0 Å². The molecular weight excluding hydrogens is 396 g/mol. The highest BCUT2D eigenvalue weighted by Crippen LogP contribution is 2.30. The standard InChI is InChI=1S/C24H26N2O5/c1-24(16-17-8-3-4-9-18(17)22(28)31-24)23(29)26-13-7-12-25(14-15-26)21(27)19-10-5-6-11-20(19)30-2/h3-6,8-11H,7,12-16H2,1-2H3. The van der Waals surface area contributed by atoms with E-state index >= 15 is 0 Å². The number of esters is 1. The highest BCUT2D eigenvalue weighted by molar-refractivity contribution is 5.98. The van der Waals surface area contributed by atoms with E-state index in [1.54, 1.807) is 54.2 Å². The number of fused-ring (bicyclic) bond motifs is 1. The zero-order valence-electron chi connectivity index (χ0n) is 17.8. The molecule has 162 valence electrons. The zero-order chi connectivity index (χ0) is 22.0. The third-order valence-corrected chi connectivity index (χ3v) is 5.94. The van der Waals surface area contributed by atoms with E-state index in [1.165, 1.54) is 0 Å². The molecule has 7 heteroatoms. The molecule has 2 amide bonds. The summed E-state index contributed by atoms with van der Waals surface area (Å²) in [5.74, 6) is -0.275. The minimum Gasteiger partial charge on any atom is -0.496 e. The minimum absolute atomic E-state index is 0.115. The van der Waals surface area contributed by atoms with Gasteiger partial charge in [0.1, 0.15) is 5.75 Å². The van der Waals surface area contributed by atoms with Gasteiger partial charge in [0.25, 0.3) is 11.8 Å². The Balaban J connectivity index is 1.47. The van der Waals surface area contributed by atoms with E-state index < -0.39 is 11.6 Å². The molecule has 0 bridgehead atoms. The number of hydrogen-bond acceptors (Lipinski definition) is 5. The highest BCUT2D eigenvalue weighted by atomic mass is 16.6. The van der Waals surface area contributed by atoms with E-state index in [0.29, 0.717) is 55.9 Å². The predicted molar refractivity (Wildman–Crippen MR) is 114 cm³/mol. The van der Waals surface area contributed by atoms with Gasteiger partial charge in [0.05, 0.1) is 18.2 Å². The summed E-state index contributed by atoms with van der Waals surface area (Å²) in [5, 5.41) is 0. The van der Waals surface area contributed by atoms with Crippen LogP contribution in [-0.4, -0.2) is 66.5 Å². The Bertz CT molecular complexity index is 1020. The van der Waals surface area contributed by atoms with E-state index in [1.807, 2.05) is 18.2 Å². The van der Waals surface area contributed by atoms with E-state index in [9.17, 15) is 14.4 Å². The van der Waals surface area contributed by atoms with Gasteiger partial charge in [0.2, 0.25) is 0 Å². The molecule has 0 saturated carbocycles. The molecule has 1 unspecified atom stereocenters. The van der Waals surface area contributed by atoms with Gasteiger partial charge in [-0.15, -0.1) is 0 Å². The van der Waals surface area contributed by atoms with Crippen LogP contribution in [0.3, 0.4) is 0 Å². The summed E-state index contributed by atoms with van der Waals surface area (Å²) in [5.41, 5.74) is 0.594. The first-order chi connectivity index (χ1) is 14.9. The molecule has 2 aromatic carbocycles. The van der Waals surface area contributed by atoms with Gasteiger partial charge in [-0.3, -0.25) is 9.59 Å². The Kier molecular flexibility index (Phi) is 5.67. The number of cyclic esters (lactones) is 1. The van der Waals surface area contributed by atoms with Gasteiger partial charge in [0.15, 0.2) is 5.60 Å². The van der Waals surface area contributed by atoms with Gasteiger partial charge in [-0.1, -0.05) is 30.3 Å². The molecule has 2 aliphatic rings. The van der Waals surface area contributed by atoms with Crippen molar-refractivity contribution in [2.75, 3.05) is 33.3 Å². The maximum atomic E-state index is 13.4. The number of carbonyl (C=O) groups is 3. The fraction of sp³-hybridized carbons (Fsp3) is 0.375. The Labute approximate surface area is 181 Å². The van der Waals surface area contributed by atoms with E-state index in [0.717, 1.165) is 5.56 Å².